The fourth-order valence-corrected chi connectivity index (χ4v) is 4.45. The predicted octanol–water partition coefficient (Wildman–Crippen LogP) is 4.56. The molecule has 2 aromatic rings. The van der Waals surface area contributed by atoms with Gasteiger partial charge in [-0.2, -0.15) is 0 Å². The highest BCUT2D eigenvalue weighted by Gasteiger charge is 2.34. The zero-order chi connectivity index (χ0) is 20.4. The summed E-state index contributed by atoms with van der Waals surface area (Å²) in [6.07, 6.45) is 2.50. The SMILES string of the molecule is Cc1ccc([C@H]2c3ccccc3CCN2C(=O)OCC2CCN(C)CC2)c(F)c1. The first-order chi connectivity index (χ1) is 14.0. The number of carbonyl (C=O) groups excluding carboxylic acids is 1. The molecule has 2 aliphatic heterocycles. The van der Waals surface area contributed by atoms with Crippen molar-refractivity contribution < 1.29 is 13.9 Å². The van der Waals surface area contributed by atoms with E-state index >= 15 is 0 Å². The van der Waals surface area contributed by atoms with E-state index in [9.17, 15) is 9.18 Å². The van der Waals surface area contributed by atoms with Crippen LogP contribution in [-0.2, 0) is 11.2 Å². The van der Waals surface area contributed by atoms with Gasteiger partial charge in [-0.3, -0.25) is 4.90 Å². The Morgan fingerprint density at radius 2 is 1.86 bits per heavy atom. The maximum atomic E-state index is 14.9. The molecule has 0 aliphatic carbocycles. The van der Waals surface area contributed by atoms with E-state index < -0.39 is 6.04 Å². The van der Waals surface area contributed by atoms with Crippen LogP contribution in [0.25, 0.3) is 0 Å². The number of carbonyl (C=O) groups is 1. The minimum Gasteiger partial charge on any atom is -0.449 e. The van der Waals surface area contributed by atoms with E-state index in [0.717, 1.165) is 49.0 Å². The fourth-order valence-electron chi connectivity index (χ4n) is 4.45. The number of aryl methyl sites for hydroxylation is 1. The topological polar surface area (TPSA) is 32.8 Å². The van der Waals surface area contributed by atoms with Gasteiger partial charge in [0.2, 0.25) is 0 Å². The van der Waals surface area contributed by atoms with Gasteiger partial charge >= 0.3 is 6.09 Å². The summed E-state index contributed by atoms with van der Waals surface area (Å²) in [6, 6.07) is 12.8. The minimum absolute atomic E-state index is 0.278. The third-order valence-corrected chi connectivity index (χ3v) is 6.25. The summed E-state index contributed by atoms with van der Waals surface area (Å²) in [4.78, 5) is 17.0. The van der Waals surface area contributed by atoms with Crippen molar-refractivity contribution in [3.8, 4) is 0 Å². The van der Waals surface area contributed by atoms with Gasteiger partial charge in [-0.25, -0.2) is 9.18 Å². The summed E-state index contributed by atoms with van der Waals surface area (Å²) >= 11 is 0. The van der Waals surface area contributed by atoms with Crippen LogP contribution in [0.15, 0.2) is 42.5 Å². The molecule has 4 nitrogen and oxygen atoms in total. The van der Waals surface area contributed by atoms with E-state index in [4.69, 9.17) is 4.74 Å². The molecule has 1 amide bonds. The van der Waals surface area contributed by atoms with Crippen LogP contribution in [0.4, 0.5) is 9.18 Å². The first kappa shape index (κ1) is 19.9. The number of ether oxygens (including phenoxy) is 1. The van der Waals surface area contributed by atoms with Gasteiger partial charge in [0.15, 0.2) is 0 Å². The second-order valence-electron chi connectivity index (χ2n) is 8.39. The van der Waals surface area contributed by atoms with E-state index in [2.05, 4.69) is 18.0 Å². The molecule has 0 N–H and O–H groups in total. The quantitative estimate of drug-likeness (QED) is 0.762. The van der Waals surface area contributed by atoms with E-state index in [1.54, 1.807) is 11.0 Å². The lowest BCUT2D eigenvalue weighted by Gasteiger charge is -2.37. The lowest BCUT2D eigenvalue weighted by atomic mass is 9.88. The van der Waals surface area contributed by atoms with Gasteiger partial charge < -0.3 is 9.64 Å². The molecule has 0 bridgehead atoms. The Morgan fingerprint density at radius 1 is 1.10 bits per heavy atom. The molecule has 0 spiro atoms. The third kappa shape index (κ3) is 4.30. The van der Waals surface area contributed by atoms with Gasteiger partial charge in [0.25, 0.3) is 0 Å². The van der Waals surface area contributed by atoms with Crippen LogP contribution in [-0.4, -0.2) is 49.2 Å². The standard InChI is InChI=1S/C24H29FN2O2/c1-17-7-8-21(22(25)15-17)23-20-6-4-3-5-19(20)11-14-27(23)24(28)29-16-18-9-12-26(2)13-10-18/h3-8,15,18,23H,9-14,16H2,1-2H3/t23-/m1/s1. The molecule has 2 heterocycles. The molecule has 1 fully saturated rings. The smallest absolute Gasteiger partial charge is 0.410 e. The molecule has 0 unspecified atom stereocenters. The minimum atomic E-state index is -0.453. The number of amides is 1. The van der Waals surface area contributed by atoms with Crippen LogP contribution >= 0.6 is 0 Å². The van der Waals surface area contributed by atoms with Gasteiger partial charge in [0.05, 0.1) is 12.6 Å². The Morgan fingerprint density at radius 3 is 2.62 bits per heavy atom. The Hall–Kier alpha value is -2.40. The van der Waals surface area contributed by atoms with Crippen LogP contribution in [0.1, 0.15) is 41.1 Å². The Bertz CT molecular complexity index is 877. The summed E-state index contributed by atoms with van der Waals surface area (Å²) < 4.78 is 20.6. The molecule has 5 heteroatoms. The van der Waals surface area contributed by atoms with Crippen LogP contribution in [0.2, 0.25) is 0 Å². The monoisotopic (exact) mass is 396 g/mol. The summed E-state index contributed by atoms with van der Waals surface area (Å²) in [5, 5.41) is 0. The zero-order valence-electron chi connectivity index (χ0n) is 17.2. The molecular formula is C24H29FN2O2. The molecule has 29 heavy (non-hydrogen) atoms. The molecule has 2 aliphatic rings. The predicted molar refractivity (Wildman–Crippen MR) is 111 cm³/mol. The molecule has 1 atom stereocenters. The van der Waals surface area contributed by atoms with Crippen molar-refractivity contribution in [1.29, 1.82) is 0 Å². The second kappa shape index (κ2) is 8.54. The highest BCUT2D eigenvalue weighted by atomic mass is 19.1. The van der Waals surface area contributed by atoms with Gasteiger partial charge in [-0.05, 0) is 75.0 Å². The number of nitrogens with zero attached hydrogens (tertiary/aromatic N) is 2. The number of likely N-dealkylation sites (tertiary alicyclic amines) is 1. The van der Waals surface area contributed by atoms with Gasteiger partial charge in [0, 0.05) is 12.1 Å². The zero-order valence-corrected chi connectivity index (χ0v) is 17.2. The normalized spacial score (nSPS) is 20.4. The molecule has 4 rings (SSSR count). The number of benzene rings is 2. The molecular weight excluding hydrogens is 367 g/mol. The van der Waals surface area contributed by atoms with Crippen molar-refractivity contribution in [2.24, 2.45) is 5.92 Å². The molecule has 0 aromatic heterocycles. The number of hydrogen-bond donors (Lipinski definition) is 0. The molecule has 154 valence electrons. The lowest BCUT2D eigenvalue weighted by molar-refractivity contribution is 0.0634. The van der Waals surface area contributed by atoms with Crippen molar-refractivity contribution in [2.45, 2.75) is 32.2 Å². The molecule has 0 radical (unpaired) electrons. The van der Waals surface area contributed by atoms with E-state index in [1.165, 1.54) is 6.07 Å². The highest BCUT2D eigenvalue weighted by Crippen LogP contribution is 2.37. The molecule has 1 saturated heterocycles. The van der Waals surface area contributed by atoms with Gasteiger partial charge in [-0.1, -0.05) is 36.4 Å². The largest absolute Gasteiger partial charge is 0.449 e. The average molecular weight is 397 g/mol. The molecule has 2 aromatic carbocycles. The Balaban J connectivity index is 1.57. The Kier molecular flexibility index (Phi) is 5.86. The number of rotatable bonds is 3. The number of hydrogen-bond acceptors (Lipinski definition) is 3. The van der Waals surface area contributed by atoms with E-state index in [1.807, 2.05) is 31.2 Å². The van der Waals surface area contributed by atoms with Crippen LogP contribution in [0, 0.1) is 18.7 Å². The Labute approximate surface area is 172 Å². The third-order valence-electron chi connectivity index (χ3n) is 6.25. The number of halogens is 1. The number of piperidine rings is 1. The van der Waals surface area contributed by atoms with Crippen molar-refractivity contribution in [1.82, 2.24) is 9.80 Å². The number of fused-ring (bicyclic) bond motifs is 1. The summed E-state index contributed by atoms with van der Waals surface area (Å²) in [5.41, 5.74) is 3.54. The first-order valence-electron chi connectivity index (χ1n) is 10.5. The van der Waals surface area contributed by atoms with Crippen LogP contribution in [0.5, 0.6) is 0 Å². The van der Waals surface area contributed by atoms with Crippen LogP contribution in [0.3, 0.4) is 0 Å². The summed E-state index contributed by atoms with van der Waals surface area (Å²) in [5.74, 6) is 0.126. The van der Waals surface area contributed by atoms with E-state index in [0.29, 0.717) is 24.6 Å². The van der Waals surface area contributed by atoms with Gasteiger partial charge in [-0.15, -0.1) is 0 Å². The van der Waals surface area contributed by atoms with Crippen molar-refractivity contribution in [3.05, 3.63) is 70.5 Å². The maximum Gasteiger partial charge on any atom is 0.410 e. The second-order valence-corrected chi connectivity index (χ2v) is 8.39. The lowest BCUT2D eigenvalue weighted by Crippen LogP contribution is -2.42. The molecule has 0 saturated carbocycles. The van der Waals surface area contributed by atoms with E-state index in [-0.39, 0.29) is 11.9 Å². The first-order valence-corrected chi connectivity index (χ1v) is 10.5. The summed E-state index contributed by atoms with van der Waals surface area (Å²) in [6.45, 7) is 4.91. The van der Waals surface area contributed by atoms with Gasteiger partial charge in [0.1, 0.15) is 5.82 Å². The maximum absolute atomic E-state index is 14.9. The van der Waals surface area contributed by atoms with Crippen molar-refractivity contribution in [3.63, 3.8) is 0 Å². The average Bonchev–Trinajstić information content (AvgIpc) is 2.72. The highest BCUT2D eigenvalue weighted by molar-refractivity contribution is 5.70. The summed E-state index contributed by atoms with van der Waals surface area (Å²) in [7, 11) is 2.12. The van der Waals surface area contributed by atoms with Crippen molar-refractivity contribution >= 4 is 6.09 Å². The van der Waals surface area contributed by atoms with Crippen molar-refractivity contribution in [2.75, 3.05) is 33.3 Å². The van der Waals surface area contributed by atoms with Crippen LogP contribution < -0.4 is 0 Å². The fraction of sp³-hybridized carbons (Fsp3) is 0.458.